The molecule has 21 heavy (non-hydrogen) atoms. The van der Waals surface area contributed by atoms with E-state index in [1.54, 1.807) is 19.4 Å². The number of ether oxygens (including phenoxy) is 3. The minimum Gasteiger partial charge on any atom is -0.486 e. The molecule has 0 aliphatic carbocycles. The monoisotopic (exact) mass is 306 g/mol. The van der Waals surface area contributed by atoms with E-state index in [4.69, 9.17) is 25.8 Å². The zero-order valence-electron chi connectivity index (χ0n) is 11.6. The van der Waals surface area contributed by atoms with Crippen LogP contribution in [0.5, 0.6) is 17.4 Å². The van der Waals surface area contributed by atoms with E-state index in [-0.39, 0.29) is 0 Å². The van der Waals surface area contributed by atoms with E-state index >= 15 is 0 Å². The quantitative estimate of drug-likeness (QED) is 0.940. The van der Waals surface area contributed by atoms with Crippen LogP contribution in [-0.2, 0) is 6.54 Å². The molecule has 0 radical (unpaired) electrons. The van der Waals surface area contributed by atoms with E-state index in [0.29, 0.717) is 42.2 Å². The summed E-state index contributed by atoms with van der Waals surface area (Å²) in [7, 11) is 1.59. The van der Waals surface area contributed by atoms with Crippen LogP contribution in [0.2, 0.25) is 5.02 Å². The second-order valence-corrected chi connectivity index (χ2v) is 4.95. The Morgan fingerprint density at radius 1 is 1.24 bits per heavy atom. The fraction of sp³-hybridized carbons (Fsp3) is 0.267. The molecule has 0 saturated heterocycles. The van der Waals surface area contributed by atoms with Crippen molar-refractivity contribution in [2.75, 3.05) is 25.6 Å². The van der Waals surface area contributed by atoms with E-state index in [2.05, 4.69) is 10.3 Å². The van der Waals surface area contributed by atoms with Crippen LogP contribution in [-0.4, -0.2) is 25.3 Å². The standard InChI is InChI=1S/C15H15ClN2O3/c1-19-15-3-2-10(9-18-15)8-17-12-7-14-13(6-11(12)16)20-4-5-21-14/h2-3,6-7,9,17H,4-5,8H2,1H3. The first kappa shape index (κ1) is 13.8. The average Bonchev–Trinajstić information content (AvgIpc) is 2.53. The fourth-order valence-electron chi connectivity index (χ4n) is 2.03. The highest BCUT2D eigenvalue weighted by molar-refractivity contribution is 6.33. The van der Waals surface area contributed by atoms with Crippen molar-refractivity contribution < 1.29 is 14.2 Å². The van der Waals surface area contributed by atoms with Crippen LogP contribution in [0, 0.1) is 0 Å². The Balaban J connectivity index is 1.72. The lowest BCUT2D eigenvalue weighted by Gasteiger charge is -2.20. The summed E-state index contributed by atoms with van der Waals surface area (Å²) in [5.41, 5.74) is 1.83. The minimum absolute atomic E-state index is 0.549. The van der Waals surface area contributed by atoms with Crippen LogP contribution in [0.25, 0.3) is 0 Å². The van der Waals surface area contributed by atoms with E-state index < -0.39 is 0 Å². The van der Waals surface area contributed by atoms with Gasteiger partial charge in [0.05, 0.1) is 17.8 Å². The summed E-state index contributed by atoms with van der Waals surface area (Å²) >= 11 is 6.24. The maximum atomic E-state index is 6.24. The number of hydrogen-bond donors (Lipinski definition) is 1. The van der Waals surface area contributed by atoms with Gasteiger partial charge in [0.15, 0.2) is 11.5 Å². The largest absolute Gasteiger partial charge is 0.486 e. The molecule has 1 aliphatic rings. The third-order valence-corrected chi connectivity index (χ3v) is 3.43. The molecule has 1 aromatic heterocycles. The number of hydrogen-bond acceptors (Lipinski definition) is 5. The Labute approximate surface area is 127 Å². The molecule has 0 bridgehead atoms. The molecule has 2 aromatic rings. The van der Waals surface area contributed by atoms with Crippen LogP contribution in [0.3, 0.4) is 0 Å². The number of anilines is 1. The molecule has 110 valence electrons. The Hall–Kier alpha value is -2.14. The third-order valence-electron chi connectivity index (χ3n) is 3.12. The van der Waals surface area contributed by atoms with Gasteiger partial charge in [-0.2, -0.15) is 0 Å². The van der Waals surface area contributed by atoms with Gasteiger partial charge in [-0.15, -0.1) is 0 Å². The van der Waals surface area contributed by atoms with Crippen molar-refractivity contribution in [3.05, 3.63) is 41.0 Å². The molecule has 0 fully saturated rings. The lowest BCUT2D eigenvalue weighted by Crippen LogP contribution is -2.15. The van der Waals surface area contributed by atoms with Crippen molar-refractivity contribution in [3.8, 4) is 17.4 Å². The molecule has 0 unspecified atom stereocenters. The van der Waals surface area contributed by atoms with Crippen LogP contribution in [0.15, 0.2) is 30.5 Å². The summed E-state index contributed by atoms with van der Waals surface area (Å²) in [6.45, 7) is 1.71. The number of pyridine rings is 1. The zero-order valence-corrected chi connectivity index (χ0v) is 12.3. The molecular formula is C15H15ClN2O3. The van der Waals surface area contributed by atoms with Gasteiger partial charge in [-0.3, -0.25) is 0 Å². The van der Waals surface area contributed by atoms with E-state index in [9.17, 15) is 0 Å². The summed E-state index contributed by atoms with van der Waals surface area (Å²) in [6.07, 6.45) is 1.76. The second-order valence-electron chi connectivity index (χ2n) is 4.54. The molecule has 1 aromatic carbocycles. The normalized spacial score (nSPS) is 12.9. The van der Waals surface area contributed by atoms with E-state index in [0.717, 1.165) is 11.3 Å². The van der Waals surface area contributed by atoms with Gasteiger partial charge in [-0.1, -0.05) is 17.7 Å². The number of methoxy groups -OCH3 is 1. The lowest BCUT2D eigenvalue weighted by atomic mass is 10.2. The summed E-state index contributed by atoms with van der Waals surface area (Å²) in [5, 5.41) is 3.87. The minimum atomic E-state index is 0.549. The molecular weight excluding hydrogens is 292 g/mol. The fourth-order valence-corrected chi connectivity index (χ4v) is 2.25. The lowest BCUT2D eigenvalue weighted by molar-refractivity contribution is 0.171. The van der Waals surface area contributed by atoms with Crippen LogP contribution >= 0.6 is 11.6 Å². The third kappa shape index (κ3) is 3.13. The molecule has 0 saturated carbocycles. The zero-order chi connectivity index (χ0) is 14.7. The molecule has 6 heteroatoms. The smallest absolute Gasteiger partial charge is 0.212 e. The van der Waals surface area contributed by atoms with Gasteiger partial charge < -0.3 is 19.5 Å². The number of fused-ring (bicyclic) bond motifs is 1. The van der Waals surface area contributed by atoms with Gasteiger partial charge in [-0.05, 0) is 5.56 Å². The first-order valence-corrected chi connectivity index (χ1v) is 6.96. The molecule has 1 aliphatic heterocycles. The summed E-state index contributed by atoms with van der Waals surface area (Å²) in [6, 6.07) is 7.39. The van der Waals surface area contributed by atoms with Gasteiger partial charge in [-0.25, -0.2) is 4.98 Å². The average molecular weight is 307 g/mol. The first-order valence-electron chi connectivity index (χ1n) is 6.58. The van der Waals surface area contributed by atoms with Gasteiger partial charge in [0.1, 0.15) is 13.2 Å². The molecule has 0 spiro atoms. The maximum absolute atomic E-state index is 6.24. The molecule has 1 N–H and O–H groups in total. The van der Waals surface area contributed by atoms with Crippen molar-refractivity contribution in [1.29, 1.82) is 0 Å². The topological polar surface area (TPSA) is 52.6 Å². The van der Waals surface area contributed by atoms with Crippen molar-refractivity contribution in [2.24, 2.45) is 0 Å². The van der Waals surface area contributed by atoms with Gasteiger partial charge >= 0.3 is 0 Å². The maximum Gasteiger partial charge on any atom is 0.212 e. The number of nitrogens with zero attached hydrogens (tertiary/aromatic N) is 1. The molecule has 2 heterocycles. The number of halogens is 1. The molecule has 5 nitrogen and oxygen atoms in total. The summed E-state index contributed by atoms with van der Waals surface area (Å²) in [4.78, 5) is 4.16. The van der Waals surface area contributed by atoms with Crippen LogP contribution < -0.4 is 19.5 Å². The number of benzene rings is 1. The summed E-state index contributed by atoms with van der Waals surface area (Å²) < 4.78 is 16.1. The Morgan fingerprint density at radius 3 is 2.67 bits per heavy atom. The second kappa shape index (κ2) is 6.10. The number of rotatable bonds is 4. The highest BCUT2D eigenvalue weighted by Gasteiger charge is 2.14. The first-order chi connectivity index (χ1) is 10.3. The van der Waals surface area contributed by atoms with Gasteiger partial charge in [0.25, 0.3) is 0 Å². The molecule has 0 atom stereocenters. The Bertz CT molecular complexity index is 632. The van der Waals surface area contributed by atoms with Gasteiger partial charge in [0.2, 0.25) is 5.88 Å². The van der Waals surface area contributed by atoms with Crippen LogP contribution in [0.1, 0.15) is 5.56 Å². The van der Waals surface area contributed by atoms with Crippen molar-refractivity contribution >= 4 is 17.3 Å². The highest BCUT2D eigenvalue weighted by Crippen LogP contribution is 2.38. The Morgan fingerprint density at radius 2 is 2.00 bits per heavy atom. The van der Waals surface area contributed by atoms with Crippen molar-refractivity contribution in [1.82, 2.24) is 4.98 Å². The van der Waals surface area contributed by atoms with Crippen molar-refractivity contribution in [3.63, 3.8) is 0 Å². The number of aromatic nitrogens is 1. The van der Waals surface area contributed by atoms with Gasteiger partial charge in [0, 0.05) is 30.9 Å². The van der Waals surface area contributed by atoms with E-state index in [1.807, 2.05) is 18.2 Å². The predicted octanol–water partition coefficient (Wildman–Crippen LogP) is 3.13. The SMILES string of the molecule is COc1ccc(CNc2cc3c(cc2Cl)OCCO3)cn1. The van der Waals surface area contributed by atoms with E-state index in [1.165, 1.54) is 0 Å². The molecule has 3 rings (SSSR count). The predicted molar refractivity (Wildman–Crippen MR) is 80.6 cm³/mol. The molecule has 0 amide bonds. The summed E-state index contributed by atoms with van der Waals surface area (Å²) in [5.74, 6) is 1.99. The highest BCUT2D eigenvalue weighted by atomic mass is 35.5. The number of nitrogens with one attached hydrogen (secondary N) is 1. The van der Waals surface area contributed by atoms with Crippen LogP contribution in [0.4, 0.5) is 5.69 Å². The van der Waals surface area contributed by atoms with Crippen molar-refractivity contribution in [2.45, 2.75) is 6.54 Å². The Kier molecular flexibility index (Phi) is 4.01.